The first kappa shape index (κ1) is 20.8. The Morgan fingerprint density at radius 3 is 2.38 bits per heavy atom. The Bertz CT molecular complexity index is 859. The maximum atomic E-state index is 12.7. The standard InChI is InChI=1S/C24H28N2O3/c1-17(22(24(28)29-2)15-18-7-6-14-25-16-18)26-23(27)21-12-10-20(11-13-21)19-8-4-3-5-9-19/h3-5,7-13,17,22,25H,6,14-16H2,1-2H3,(H,26,27)/t17-,22-/m1/s1. The van der Waals surface area contributed by atoms with Crippen LogP contribution in [0.15, 0.2) is 66.2 Å². The highest BCUT2D eigenvalue weighted by atomic mass is 16.5. The van der Waals surface area contributed by atoms with Gasteiger partial charge in [0.05, 0.1) is 13.0 Å². The molecule has 1 heterocycles. The number of carbonyl (C=O) groups excluding carboxylic acids is 2. The fourth-order valence-corrected chi connectivity index (χ4v) is 3.59. The van der Waals surface area contributed by atoms with Gasteiger partial charge < -0.3 is 15.4 Å². The molecule has 0 spiro atoms. The van der Waals surface area contributed by atoms with Crippen molar-refractivity contribution in [1.82, 2.24) is 10.6 Å². The molecule has 0 saturated heterocycles. The van der Waals surface area contributed by atoms with Gasteiger partial charge in [0.2, 0.25) is 0 Å². The summed E-state index contributed by atoms with van der Waals surface area (Å²) >= 11 is 0. The van der Waals surface area contributed by atoms with E-state index in [9.17, 15) is 9.59 Å². The summed E-state index contributed by atoms with van der Waals surface area (Å²) in [7, 11) is 1.39. The molecule has 2 N–H and O–H groups in total. The average Bonchev–Trinajstić information content (AvgIpc) is 2.78. The molecule has 0 bridgehead atoms. The Balaban J connectivity index is 1.67. The van der Waals surface area contributed by atoms with Gasteiger partial charge in [-0.25, -0.2) is 0 Å². The summed E-state index contributed by atoms with van der Waals surface area (Å²) in [6, 6.07) is 17.2. The molecule has 0 aliphatic carbocycles. The minimum absolute atomic E-state index is 0.193. The van der Waals surface area contributed by atoms with Crippen molar-refractivity contribution >= 4 is 11.9 Å². The summed E-state index contributed by atoms with van der Waals surface area (Å²) in [5, 5.41) is 6.29. The Kier molecular flexibility index (Phi) is 7.19. The molecule has 152 valence electrons. The van der Waals surface area contributed by atoms with Gasteiger partial charge in [-0.15, -0.1) is 0 Å². The lowest BCUT2D eigenvalue weighted by atomic mass is 9.91. The number of carbonyl (C=O) groups is 2. The maximum Gasteiger partial charge on any atom is 0.311 e. The van der Waals surface area contributed by atoms with Crippen molar-refractivity contribution in [1.29, 1.82) is 0 Å². The van der Waals surface area contributed by atoms with E-state index in [2.05, 4.69) is 16.7 Å². The van der Waals surface area contributed by atoms with Crippen molar-refractivity contribution in [3.63, 3.8) is 0 Å². The van der Waals surface area contributed by atoms with Crippen LogP contribution in [0.4, 0.5) is 0 Å². The van der Waals surface area contributed by atoms with Crippen LogP contribution < -0.4 is 10.6 Å². The van der Waals surface area contributed by atoms with Crippen molar-refractivity contribution in [2.45, 2.75) is 25.8 Å². The largest absolute Gasteiger partial charge is 0.469 e. The van der Waals surface area contributed by atoms with Crippen LogP contribution in [0.1, 0.15) is 30.1 Å². The number of esters is 1. The smallest absolute Gasteiger partial charge is 0.311 e. The maximum absolute atomic E-state index is 12.7. The predicted octanol–water partition coefficient (Wildman–Crippen LogP) is 3.57. The molecule has 1 amide bonds. The second-order valence-corrected chi connectivity index (χ2v) is 7.37. The summed E-state index contributed by atoms with van der Waals surface area (Å²) in [5.74, 6) is -0.913. The molecule has 0 fully saturated rings. The van der Waals surface area contributed by atoms with E-state index in [0.29, 0.717) is 12.0 Å². The van der Waals surface area contributed by atoms with Gasteiger partial charge in [-0.3, -0.25) is 9.59 Å². The van der Waals surface area contributed by atoms with Gasteiger partial charge in [0.15, 0.2) is 0 Å². The van der Waals surface area contributed by atoms with Crippen LogP contribution in [0.5, 0.6) is 0 Å². The Morgan fingerprint density at radius 2 is 1.76 bits per heavy atom. The molecule has 1 aliphatic heterocycles. The molecule has 5 heteroatoms. The van der Waals surface area contributed by atoms with Gasteiger partial charge in [-0.2, -0.15) is 0 Å². The SMILES string of the molecule is COC(=O)[C@H](CC1=CCCNC1)[C@@H](C)NC(=O)c1ccc(-c2ccccc2)cc1. The summed E-state index contributed by atoms with van der Waals surface area (Å²) < 4.78 is 4.99. The van der Waals surface area contributed by atoms with E-state index in [-0.39, 0.29) is 17.9 Å². The van der Waals surface area contributed by atoms with Crippen LogP contribution in [0.2, 0.25) is 0 Å². The minimum atomic E-state index is -0.418. The number of ether oxygens (including phenoxy) is 1. The molecule has 0 aromatic heterocycles. The van der Waals surface area contributed by atoms with Crippen LogP contribution >= 0.6 is 0 Å². The third-order valence-corrected chi connectivity index (χ3v) is 5.31. The zero-order chi connectivity index (χ0) is 20.6. The third-order valence-electron chi connectivity index (χ3n) is 5.31. The van der Waals surface area contributed by atoms with Gasteiger partial charge in [-0.1, -0.05) is 54.1 Å². The molecule has 1 aliphatic rings. The lowest BCUT2D eigenvalue weighted by molar-refractivity contribution is -0.146. The first-order valence-electron chi connectivity index (χ1n) is 10.0. The Labute approximate surface area is 172 Å². The van der Waals surface area contributed by atoms with Crippen molar-refractivity contribution in [3.8, 4) is 11.1 Å². The number of nitrogens with one attached hydrogen (secondary N) is 2. The number of hydrogen-bond acceptors (Lipinski definition) is 4. The summed E-state index contributed by atoms with van der Waals surface area (Å²) in [4.78, 5) is 25.0. The molecule has 0 radical (unpaired) electrons. The first-order chi connectivity index (χ1) is 14.1. The average molecular weight is 392 g/mol. The number of benzene rings is 2. The molecule has 5 nitrogen and oxygen atoms in total. The van der Waals surface area contributed by atoms with E-state index in [1.807, 2.05) is 61.5 Å². The number of amides is 1. The first-order valence-corrected chi connectivity index (χ1v) is 10.0. The van der Waals surface area contributed by atoms with E-state index in [4.69, 9.17) is 4.74 Å². The van der Waals surface area contributed by atoms with Gasteiger partial charge in [-0.05, 0) is 49.6 Å². The van der Waals surface area contributed by atoms with E-state index in [1.54, 1.807) is 0 Å². The summed E-state index contributed by atoms with van der Waals surface area (Å²) in [5.41, 5.74) is 3.91. The highest BCUT2D eigenvalue weighted by Gasteiger charge is 2.28. The van der Waals surface area contributed by atoms with Crippen molar-refractivity contribution in [2.75, 3.05) is 20.2 Å². The van der Waals surface area contributed by atoms with E-state index in [1.165, 1.54) is 12.7 Å². The van der Waals surface area contributed by atoms with Crippen LogP contribution in [0, 0.1) is 5.92 Å². The molecular weight excluding hydrogens is 364 g/mol. The van der Waals surface area contributed by atoms with Crippen molar-refractivity contribution < 1.29 is 14.3 Å². The third kappa shape index (κ3) is 5.55. The fourth-order valence-electron chi connectivity index (χ4n) is 3.59. The molecule has 29 heavy (non-hydrogen) atoms. The summed E-state index contributed by atoms with van der Waals surface area (Å²) in [6.45, 7) is 3.58. The second kappa shape index (κ2) is 10.0. The van der Waals surface area contributed by atoms with Crippen molar-refractivity contribution in [3.05, 3.63) is 71.8 Å². The van der Waals surface area contributed by atoms with Crippen molar-refractivity contribution in [2.24, 2.45) is 5.92 Å². The highest BCUT2D eigenvalue weighted by molar-refractivity contribution is 5.95. The zero-order valence-corrected chi connectivity index (χ0v) is 17.0. The lowest BCUT2D eigenvalue weighted by Gasteiger charge is -2.25. The fraction of sp³-hybridized carbons (Fsp3) is 0.333. The van der Waals surface area contributed by atoms with Crippen LogP contribution in [-0.4, -0.2) is 38.1 Å². The normalized spacial score (nSPS) is 15.7. The quantitative estimate of drug-likeness (QED) is 0.558. The number of hydrogen-bond donors (Lipinski definition) is 2. The van der Waals surface area contributed by atoms with E-state index < -0.39 is 5.92 Å². The molecule has 2 atom stereocenters. The molecule has 2 aromatic carbocycles. The monoisotopic (exact) mass is 392 g/mol. The Morgan fingerprint density at radius 1 is 1.07 bits per heavy atom. The van der Waals surface area contributed by atoms with Crippen LogP contribution in [0.25, 0.3) is 11.1 Å². The lowest BCUT2D eigenvalue weighted by Crippen LogP contribution is -2.42. The topological polar surface area (TPSA) is 67.4 Å². The molecule has 0 unspecified atom stereocenters. The molecule has 2 aromatic rings. The molecule has 0 saturated carbocycles. The molecule has 3 rings (SSSR count). The van der Waals surface area contributed by atoms with E-state index in [0.717, 1.165) is 30.6 Å². The van der Waals surface area contributed by atoms with Gasteiger partial charge in [0.1, 0.15) is 0 Å². The predicted molar refractivity (Wildman–Crippen MR) is 114 cm³/mol. The minimum Gasteiger partial charge on any atom is -0.469 e. The van der Waals surface area contributed by atoms with Crippen LogP contribution in [-0.2, 0) is 9.53 Å². The Hall–Kier alpha value is -2.92. The van der Waals surface area contributed by atoms with Gasteiger partial charge in [0.25, 0.3) is 5.91 Å². The highest BCUT2D eigenvalue weighted by Crippen LogP contribution is 2.21. The van der Waals surface area contributed by atoms with Crippen LogP contribution in [0.3, 0.4) is 0 Å². The van der Waals surface area contributed by atoms with Gasteiger partial charge >= 0.3 is 5.97 Å². The van der Waals surface area contributed by atoms with Gasteiger partial charge in [0, 0.05) is 18.2 Å². The zero-order valence-electron chi connectivity index (χ0n) is 17.0. The summed E-state index contributed by atoms with van der Waals surface area (Å²) in [6.07, 6.45) is 3.70. The van der Waals surface area contributed by atoms with E-state index >= 15 is 0 Å². The molecular formula is C24H28N2O3. The second-order valence-electron chi connectivity index (χ2n) is 7.37. The number of methoxy groups -OCH3 is 1. The number of rotatable bonds is 7.